The van der Waals surface area contributed by atoms with Crippen LogP contribution in [0.4, 0.5) is 0 Å². The number of carboxylic acid groups (broad SMARTS) is 1. The molecule has 0 aromatic heterocycles. The van der Waals surface area contributed by atoms with Gasteiger partial charge in [0.25, 0.3) is 0 Å². The topological polar surface area (TPSA) is 63.6 Å². The van der Waals surface area contributed by atoms with Crippen molar-refractivity contribution in [3.05, 3.63) is 35.4 Å². The van der Waals surface area contributed by atoms with Crippen LogP contribution in [0.15, 0.2) is 24.3 Å². The molecule has 3 rings (SSSR count). The summed E-state index contributed by atoms with van der Waals surface area (Å²) in [6.07, 6.45) is 3.32. The Labute approximate surface area is 124 Å². The van der Waals surface area contributed by atoms with Gasteiger partial charge >= 0.3 is 11.9 Å². The average Bonchev–Trinajstić information content (AvgIpc) is 3.01. The van der Waals surface area contributed by atoms with Crippen LogP contribution in [0.25, 0.3) is 0 Å². The van der Waals surface area contributed by atoms with Gasteiger partial charge in [-0.15, -0.1) is 0 Å². The van der Waals surface area contributed by atoms with E-state index in [1.807, 2.05) is 0 Å². The van der Waals surface area contributed by atoms with E-state index in [1.165, 1.54) is 18.6 Å². The molecule has 1 aromatic carbocycles. The molecule has 4 nitrogen and oxygen atoms in total. The van der Waals surface area contributed by atoms with Crippen molar-refractivity contribution in [2.45, 2.75) is 39.2 Å². The van der Waals surface area contributed by atoms with Gasteiger partial charge in [-0.25, -0.2) is 9.59 Å². The first-order chi connectivity index (χ1) is 9.91. The SMILES string of the molecule is CC1(C)[C@@H]2CC[C@@H](C2)[C@@H]1OC(=O)c1ccccc1C(=O)O. The first-order valence-electron chi connectivity index (χ1n) is 7.44. The molecule has 0 saturated heterocycles. The molecule has 0 heterocycles. The number of fused-ring (bicyclic) bond motifs is 2. The summed E-state index contributed by atoms with van der Waals surface area (Å²) >= 11 is 0. The Kier molecular flexibility index (Phi) is 3.27. The number of aromatic carboxylic acids is 1. The van der Waals surface area contributed by atoms with E-state index in [4.69, 9.17) is 4.74 Å². The second-order valence-corrected chi connectivity index (χ2v) is 6.77. The van der Waals surface area contributed by atoms with Gasteiger partial charge in [-0.3, -0.25) is 0 Å². The van der Waals surface area contributed by atoms with E-state index in [2.05, 4.69) is 13.8 Å². The highest BCUT2D eigenvalue weighted by atomic mass is 16.5. The quantitative estimate of drug-likeness (QED) is 0.866. The van der Waals surface area contributed by atoms with Crippen LogP contribution in [-0.4, -0.2) is 23.1 Å². The number of carbonyl (C=O) groups is 2. The van der Waals surface area contributed by atoms with Crippen LogP contribution >= 0.6 is 0 Å². The summed E-state index contributed by atoms with van der Waals surface area (Å²) in [6.45, 7) is 4.30. The van der Waals surface area contributed by atoms with Crippen molar-refractivity contribution in [3.63, 3.8) is 0 Å². The van der Waals surface area contributed by atoms with Gasteiger partial charge in [-0.2, -0.15) is 0 Å². The number of esters is 1. The Morgan fingerprint density at radius 1 is 1.19 bits per heavy atom. The third-order valence-electron chi connectivity index (χ3n) is 5.30. The Morgan fingerprint density at radius 2 is 1.86 bits per heavy atom. The van der Waals surface area contributed by atoms with Gasteiger partial charge in [0.2, 0.25) is 0 Å². The molecule has 0 amide bonds. The highest BCUT2D eigenvalue weighted by molar-refractivity contribution is 6.02. The van der Waals surface area contributed by atoms with Gasteiger partial charge in [0.15, 0.2) is 0 Å². The minimum absolute atomic E-state index is 0.00321. The van der Waals surface area contributed by atoms with Crippen molar-refractivity contribution in [2.24, 2.45) is 17.3 Å². The smallest absolute Gasteiger partial charge is 0.339 e. The van der Waals surface area contributed by atoms with Gasteiger partial charge in [-0.1, -0.05) is 26.0 Å². The van der Waals surface area contributed by atoms with Crippen LogP contribution in [0.2, 0.25) is 0 Å². The molecule has 2 saturated carbocycles. The maximum Gasteiger partial charge on any atom is 0.339 e. The van der Waals surface area contributed by atoms with Crippen molar-refractivity contribution >= 4 is 11.9 Å². The van der Waals surface area contributed by atoms with Crippen LogP contribution < -0.4 is 0 Å². The van der Waals surface area contributed by atoms with E-state index in [-0.39, 0.29) is 22.6 Å². The van der Waals surface area contributed by atoms with Gasteiger partial charge in [0.05, 0.1) is 11.1 Å². The van der Waals surface area contributed by atoms with Crippen LogP contribution in [-0.2, 0) is 4.74 Å². The van der Waals surface area contributed by atoms with Gasteiger partial charge in [0.1, 0.15) is 6.10 Å². The first-order valence-corrected chi connectivity index (χ1v) is 7.44. The monoisotopic (exact) mass is 288 g/mol. The lowest BCUT2D eigenvalue weighted by Gasteiger charge is -2.37. The number of carboxylic acids is 1. The fraction of sp³-hybridized carbons (Fsp3) is 0.529. The van der Waals surface area contributed by atoms with E-state index >= 15 is 0 Å². The second kappa shape index (κ2) is 4.86. The van der Waals surface area contributed by atoms with Crippen molar-refractivity contribution < 1.29 is 19.4 Å². The molecule has 2 fully saturated rings. The third-order valence-corrected chi connectivity index (χ3v) is 5.30. The summed E-state index contributed by atoms with van der Waals surface area (Å²) in [5.41, 5.74) is 0.128. The van der Waals surface area contributed by atoms with E-state index in [0.29, 0.717) is 11.8 Å². The number of hydrogen-bond acceptors (Lipinski definition) is 3. The molecule has 3 atom stereocenters. The Balaban J connectivity index is 1.83. The minimum Gasteiger partial charge on any atom is -0.478 e. The molecule has 1 aromatic rings. The molecule has 0 spiro atoms. The average molecular weight is 288 g/mol. The molecule has 21 heavy (non-hydrogen) atoms. The summed E-state index contributed by atoms with van der Waals surface area (Å²) in [5.74, 6) is -0.589. The normalized spacial score (nSPS) is 29.3. The van der Waals surface area contributed by atoms with Gasteiger partial charge in [-0.05, 0) is 43.2 Å². The standard InChI is InChI=1S/C17H20O4/c1-17(2)11-8-7-10(9-11)14(17)21-16(20)13-6-4-3-5-12(13)15(18)19/h3-6,10-11,14H,7-9H2,1-2H3,(H,18,19)/t10-,11+,14-/m0/s1. The predicted molar refractivity (Wildman–Crippen MR) is 77.2 cm³/mol. The number of benzene rings is 1. The molecule has 0 unspecified atom stereocenters. The largest absolute Gasteiger partial charge is 0.478 e. The van der Waals surface area contributed by atoms with Gasteiger partial charge in [0, 0.05) is 5.41 Å². The number of hydrogen-bond donors (Lipinski definition) is 1. The summed E-state index contributed by atoms with van der Waals surface area (Å²) in [4.78, 5) is 23.6. The Hall–Kier alpha value is -1.84. The zero-order chi connectivity index (χ0) is 15.2. The van der Waals surface area contributed by atoms with Crippen LogP contribution in [0.1, 0.15) is 53.8 Å². The summed E-state index contributed by atoms with van der Waals surface area (Å²) < 4.78 is 5.74. The molecule has 1 N–H and O–H groups in total. The lowest BCUT2D eigenvalue weighted by molar-refractivity contribution is -0.0322. The summed E-state index contributed by atoms with van der Waals surface area (Å²) in [6, 6.07) is 6.23. The predicted octanol–water partition coefficient (Wildman–Crippen LogP) is 3.37. The zero-order valence-corrected chi connectivity index (χ0v) is 12.3. The Morgan fingerprint density at radius 3 is 2.43 bits per heavy atom. The number of ether oxygens (including phenoxy) is 1. The van der Waals surface area contributed by atoms with Crippen molar-refractivity contribution in [2.75, 3.05) is 0 Å². The maximum absolute atomic E-state index is 12.4. The fourth-order valence-electron chi connectivity index (χ4n) is 4.08. The number of rotatable bonds is 3. The van der Waals surface area contributed by atoms with E-state index in [1.54, 1.807) is 12.1 Å². The molecule has 0 aliphatic heterocycles. The summed E-state index contributed by atoms with van der Waals surface area (Å²) in [7, 11) is 0. The van der Waals surface area contributed by atoms with E-state index < -0.39 is 11.9 Å². The van der Waals surface area contributed by atoms with Crippen LogP contribution in [0.3, 0.4) is 0 Å². The molecule has 2 aliphatic rings. The van der Waals surface area contributed by atoms with E-state index in [9.17, 15) is 14.7 Å². The molecule has 4 heteroatoms. The molecular formula is C17H20O4. The maximum atomic E-state index is 12.4. The molecular weight excluding hydrogens is 268 g/mol. The molecule has 0 radical (unpaired) electrons. The molecule has 2 bridgehead atoms. The lowest BCUT2D eigenvalue weighted by atomic mass is 9.74. The highest BCUT2D eigenvalue weighted by Crippen LogP contribution is 2.56. The fourth-order valence-corrected chi connectivity index (χ4v) is 4.08. The third kappa shape index (κ3) is 2.23. The second-order valence-electron chi connectivity index (χ2n) is 6.77. The van der Waals surface area contributed by atoms with Crippen molar-refractivity contribution in [1.82, 2.24) is 0 Å². The zero-order valence-electron chi connectivity index (χ0n) is 12.3. The minimum atomic E-state index is -1.10. The molecule has 112 valence electrons. The molecule has 2 aliphatic carbocycles. The first kappa shape index (κ1) is 14.1. The summed E-state index contributed by atoms with van der Waals surface area (Å²) in [5, 5.41) is 9.18. The van der Waals surface area contributed by atoms with Crippen LogP contribution in [0, 0.1) is 17.3 Å². The Bertz CT molecular complexity index is 590. The lowest BCUT2D eigenvalue weighted by Crippen LogP contribution is -2.39. The highest BCUT2D eigenvalue weighted by Gasteiger charge is 2.54. The van der Waals surface area contributed by atoms with E-state index in [0.717, 1.165) is 12.8 Å². The van der Waals surface area contributed by atoms with Crippen LogP contribution in [0.5, 0.6) is 0 Å². The van der Waals surface area contributed by atoms with Crippen molar-refractivity contribution in [1.29, 1.82) is 0 Å². The van der Waals surface area contributed by atoms with Crippen molar-refractivity contribution in [3.8, 4) is 0 Å². The number of carbonyl (C=O) groups excluding carboxylic acids is 1. The van der Waals surface area contributed by atoms with Gasteiger partial charge < -0.3 is 9.84 Å².